The number of carbonyl (C=O) groups is 1. The molecule has 0 radical (unpaired) electrons. The average molecular weight is 413 g/mol. The summed E-state index contributed by atoms with van der Waals surface area (Å²) in [5, 5.41) is 5.68. The first-order chi connectivity index (χ1) is 13.7. The summed E-state index contributed by atoms with van der Waals surface area (Å²) in [6.45, 7) is -0.321. The normalized spacial score (nSPS) is 11.5. The Kier molecular flexibility index (Phi) is 5.62. The number of halogens is 6. The van der Waals surface area contributed by atoms with E-state index in [2.05, 4.69) is 10.4 Å². The smallest absolute Gasteiger partial charge is 0.352 e. The predicted octanol–water partition coefficient (Wildman–Crippen LogP) is 4.28. The van der Waals surface area contributed by atoms with Gasteiger partial charge in [0.15, 0.2) is 5.69 Å². The minimum Gasteiger partial charge on any atom is -0.352 e. The van der Waals surface area contributed by atoms with Gasteiger partial charge in [-0.1, -0.05) is 18.2 Å². The lowest BCUT2D eigenvalue weighted by Gasteiger charge is -2.13. The van der Waals surface area contributed by atoms with Gasteiger partial charge in [0.1, 0.15) is 23.1 Å². The third kappa shape index (κ3) is 4.25. The van der Waals surface area contributed by atoms with E-state index in [1.807, 2.05) is 0 Å². The number of para-hydroxylation sites is 1. The highest BCUT2D eigenvalue weighted by atomic mass is 19.4. The minimum absolute atomic E-state index is 0.271. The molecule has 4 nitrogen and oxygen atoms in total. The van der Waals surface area contributed by atoms with Crippen molar-refractivity contribution in [1.82, 2.24) is 15.1 Å². The van der Waals surface area contributed by atoms with Crippen LogP contribution in [-0.4, -0.2) is 22.2 Å². The van der Waals surface area contributed by atoms with E-state index in [0.717, 1.165) is 24.3 Å². The molecule has 2 aromatic carbocycles. The summed E-state index contributed by atoms with van der Waals surface area (Å²) in [6.07, 6.45) is -4.62. The second-order valence-electron chi connectivity index (χ2n) is 5.97. The first-order valence-corrected chi connectivity index (χ1v) is 8.31. The Morgan fingerprint density at radius 3 is 2.21 bits per heavy atom. The Balaban J connectivity index is 1.85. The lowest BCUT2D eigenvalue weighted by Crippen LogP contribution is -2.28. The number of carbonyl (C=O) groups excluding carboxylic acids is 1. The maximum absolute atomic E-state index is 13.9. The minimum atomic E-state index is -5.01. The van der Waals surface area contributed by atoms with Crippen molar-refractivity contribution in [2.45, 2.75) is 12.6 Å². The fourth-order valence-electron chi connectivity index (χ4n) is 2.76. The Labute approximate surface area is 160 Å². The molecule has 0 atom stereocenters. The first-order valence-electron chi connectivity index (χ1n) is 8.31. The number of amides is 1. The van der Waals surface area contributed by atoms with Crippen LogP contribution in [0.3, 0.4) is 0 Å². The number of nitrogens with one attached hydrogen (secondary N) is 1. The van der Waals surface area contributed by atoms with E-state index in [9.17, 15) is 31.1 Å². The molecule has 0 spiro atoms. The van der Waals surface area contributed by atoms with Crippen LogP contribution in [0.5, 0.6) is 0 Å². The number of alkyl halides is 3. The topological polar surface area (TPSA) is 46.9 Å². The first kappa shape index (κ1) is 20.4. The largest absolute Gasteiger partial charge is 0.434 e. The summed E-state index contributed by atoms with van der Waals surface area (Å²) in [5.74, 6) is -3.77. The standard InChI is InChI=1S/C19H13F6N3O/c20-13-5-3-6-14(21)11(13)8-9-26-18(29)12-10-27-28(17(12)19(23,24)25)16-7-2-1-4-15(16)22/h1-7,10H,8-9H2,(H,26,29). The van der Waals surface area contributed by atoms with Gasteiger partial charge in [-0.15, -0.1) is 0 Å². The van der Waals surface area contributed by atoms with E-state index in [0.29, 0.717) is 10.9 Å². The summed E-state index contributed by atoms with van der Waals surface area (Å²) >= 11 is 0. The lowest BCUT2D eigenvalue weighted by atomic mass is 10.1. The Morgan fingerprint density at radius 1 is 0.966 bits per heavy atom. The predicted molar refractivity (Wildman–Crippen MR) is 90.9 cm³/mol. The molecule has 0 aliphatic carbocycles. The summed E-state index contributed by atoms with van der Waals surface area (Å²) in [4.78, 5) is 12.3. The fraction of sp³-hybridized carbons (Fsp3) is 0.158. The third-order valence-corrected chi connectivity index (χ3v) is 4.09. The molecule has 0 unspecified atom stereocenters. The maximum atomic E-state index is 13.9. The molecule has 1 amide bonds. The molecule has 1 aromatic heterocycles. The van der Waals surface area contributed by atoms with Crippen LogP contribution >= 0.6 is 0 Å². The van der Waals surface area contributed by atoms with E-state index in [4.69, 9.17) is 0 Å². The van der Waals surface area contributed by atoms with Crippen molar-refractivity contribution in [2.75, 3.05) is 6.54 Å². The van der Waals surface area contributed by atoms with Gasteiger partial charge >= 0.3 is 6.18 Å². The number of rotatable bonds is 5. The van der Waals surface area contributed by atoms with Crippen molar-refractivity contribution in [3.8, 4) is 5.69 Å². The van der Waals surface area contributed by atoms with Crippen molar-refractivity contribution < 1.29 is 31.1 Å². The molecule has 29 heavy (non-hydrogen) atoms. The van der Waals surface area contributed by atoms with Crippen LogP contribution in [0, 0.1) is 17.5 Å². The molecule has 3 aromatic rings. The zero-order valence-electron chi connectivity index (χ0n) is 14.6. The van der Waals surface area contributed by atoms with Gasteiger partial charge in [0.2, 0.25) is 0 Å². The van der Waals surface area contributed by atoms with Crippen LogP contribution in [0.4, 0.5) is 26.3 Å². The molecule has 0 aliphatic heterocycles. The van der Waals surface area contributed by atoms with E-state index >= 15 is 0 Å². The van der Waals surface area contributed by atoms with Gasteiger partial charge in [-0.25, -0.2) is 17.9 Å². The molecular weight excluding hydrogens is 400 g/mol. The van der Waals surface area contributed by atoms with Crippen molar-refractivity contribution in [1.29, 1.82) is 0 Å². The molecule has 152 valence electrons. The second kappa shape index (κ2) is 7.98. The molecule has 1 heterocycles. The summed E-state index contributed by atoms with van der Waals surface area (Å²) in [5.41, 5.74) is -3.08. The SMILES string of the molecule is O=C(NCCc1c(F)cccc1F)c1cnn(-c2ccccc2F)c1C(F)(F)F. The molecule has 10 heteroatoms. The number of hydrogen-bond acceptors (Lipinski definition) is 2. The monoisotopic (exact) mass is 413 g/mol. The van der Waals surface area contributed by atoms with Gasteiger partial charge in [-0.3, -0.25) is 4.79 Å². The van der Waals surface area contributed by atoms with Crippen molar-refractivity contribution in [3.05, 3.63) is 82.9 Å². The van der Waals surface area contributed by atoms with E-state index in [-0.39, 0.29) is 18.5 Å². The highest BCUT2D eigenvalue weighted by Crippen LogP contribution is 2.34. The molecule has 0 saturated heterocycles. The van der Waals surface area contributed by atoms with Gasteiger partial charge < -0.3 is 5.32 Å². The Hall–Kier alpha value is -3.30. The van der Waals surface area contributed by atoms with E-state index in [1.54, 1.807) is 0 Å². The number of aromatic nitrogens is 2. The van der Waals surface area contributed by atoms with Crippen LogP contribution in [0.2, 0.25) is 0 Å². The summed E-state index contributed by atoms with van der Waals surface area (Å²) in [6, 6.07) is 7.88. The number of nitrogens with zero attached hydrogens (tertiary/aromatic N) is 2. The van der Waals surface area contributed by atoms with Gasteiger partial charge in [0.25, 0.3) is 5.91 Å². The van der Waals surface area contributed by atoms with E-state index < -0.39 is 46.5 Å². The van der Waals surface area contributed by atoms with Crippen molar-refractivity contribution >= 4 is 5.91 Å². The van der Waals surface area contributed by atoms with Crippen LogP contribution in [0.1, 0.15) is 21.6 Å². The van der Waals surface area contributed by atoms with Gasteiger partial charge in [-0.05, 0) is 30.7 Å². The fourth-order valence-corrected chi connectivity index (χ4v) is 2.76. The molecule has 0 saturated carbocycles. The number of hydrogen-bond donors (Lipinski definition) is 1. The van der Waals surface area contributed by atoms with Crippen LogP contribution < -0.4 is 5.32 Å². The van der Waals surface area contributed by atoms with Crippen LogP contribution in [-0.2, 0) is 12.6 Å². The zero-order chi connectivity index (χ0) is 21.2. The number of benzene rings is 2. The Morgan fingerprint density at radius 2 is 1.59 bits per heavy atom. The molecule has 1 N–H and O–H groups in total. The highest BCUT2D eigenvalue weighted by Gasteiger charge is 2.41. The molecular formula is C19H13F6N3O. The van der Waals surface area contributed by atoms with Gasteiger partial charge in [-0.2, -0.15) is 18.3 Å². The van der Waals surface area contributed by atoms with Gasteiger partial charge in [0.05, 0.1) is 11.8 Å². The van der Waals surface area contributed by atoms with Gasteiger partial charge in [0, 0.05) is 12.1 Å². The van der Waals surface area contributed by atoms with Crippen molar-refractivity contribution in [2.24, 2.45) is 0 Å². The zero-order valence-corrected chi connectivity index (χ0v) is 14.6. The summed E-state index contributed by atoms with van der Waals surface area (Å²) in [7, 11) is 0. The molecule has 3 rings (SSSR count). The molecule has 0 fully saturated rings. The van der Waals surface area contributed by atoms with E-state index in [1.165, 1.54) is 18.2 Å². The maximum Gasteiger partial charge on any atom is 0.434 e. The summed E-state index contributed by atoms with van der Waals surface area (Å²) < 4.78 is 82.1. The molecule has 0 bridgehead atoms. The Bertz CT molecular complexity index is 1020. The van der Waals surface area contributed by atoms with Crippen LogP contribution in [0.25, 0.3) is 5.69 Å². The van der Waals surface area contributed by atoms with Crippen molar-refractivity contribution in [3.63, 3.8) is 0 Å². The lowest BCUT2D eigenvalue weighted by molar-refractivity contribution is -0.143. The van der Waals surface area contributed by atoms with Crippen LogP contribution in [0.15, 0.2) is 48.7 Å². The quantitative estimate of drug-likeness (QED) is 0.635. The average Bonchev–Trinajstić information content (AvgIpc) is 3.10. The third-order valence-electron chi connectivity index (χ3n) is 4.09. The highest BCUT2D eigenvalue weighted by molar-refractivity contribution is 5.95. The second-order valence-corrected chi connectivity index (χ2v) is 5.97. The molecule has 0 aliphatic rings.